The first kappa shape index (κ1) is 18.2. The molecule has 3 rings (SSSR count). The molecule has 2 fully saturated rings. The zero-order chi connectivity index (χ0) is 16.8. The standard InChI is InChI=1S/C19H28N2OS2/c1-15-4-2-10-21(14-15)11-3-9-20-18(22)16-5-7-17(8-6-16)19-23-12-13-24-19/h5-8,15,19H,2-4,9-14H2,1H3,(H,20,22). The molecule has 1 amide bonds. The van der Waals surface area contributed by atoms with Crippen LogP contribution in [-0.2, 0) is 0 Å². The summed E-state index contributed by atoms with van der Waals surface area (Å²) < 4.78 is 0.550. The Morgan fingerprint density at radius 3 is 2.71 bits per heavy atom. The molecule has 0 spiro atoms. The molecule has 1 atom stereocenters. The normalized spacial score (nSPS) is 22.6. The third kappa shape index (κ3) is 5.17. The van der Waals surface area contributed by atoms with Crippen molar-refractivity contribution >= 4 is 29.4 Å². The van der Waals surface area contributed by atoms with Crippen LogP contribution in [-0.4, -0.2) is 48.5 Å². The minimum absolute atomic E-state index is 0.0558. The van der Waals surface area contributed by atoms with Crippen molar-refractivity contribution in [2.24, 2.45) is 5.92 Å². The Morgan fingerprint density at radius 2 is 2.00 bits per heavy atom. The Balaban J connectivity index is 1.38. The number of piperidine rings is 1. The van der Waals surface area contributed by atoms with E-state index in [1.165, 1.54) is 43.0 Å². The topological polar surface area (TPSA) is 32.3 Å². The molecular formula is C19H28N2OS2. The van der Waals surface area contributed by atoms with Crippen LogP contribution in [0.3, 0.4) is 0 Å². The molecule has 0 saturated carbocycles. The average molecular weight is 365 g/mol. The van der Waals surface area contributed by atoms with Crippen molar-refractivity contribution in [3.63, 3.8) is 0 Å². The van der Waals surface area contributed by atoms with Gasteiger partial charge in [0.15, 0.2) is 0 Å². The van der Waals surface area contributed by atoms with Crippen molar-refractivity contribution < 1.29 is 4.79 Å². The zero-order valence-electron chi connectivity index (χ0n) is 14.5. The molecule has 1 aromatic carbocycles. The van der Waals surface area contributed by atoms with E-state index in [1.807, 2.05) is 35.7 Å². The molecular weight excluding hydrogens is 336 g/mol. The quantitative estimate of drug-likeness (QED) is 0.773. The van der Waals surface area contributed by atoms with Crippen molar-refractivity contribution in [3.8, 4) is 0 Å². The van der Waals surface area contributed by atoms with Gasteiger partial charge in [-0.1, -0.05) is 19.1 Å². The predicted octanol–water partition coefficient (Wildman–Crippen LogP) is 4.02. The number of thioether (sulfide) groups is 2. The fourth-order valence-corrected chi connectivity index (χ4v) is 6.30. The maximum absolute atomic E-state index is 12.2. The maximum atomic E-state index is 12.2. The summed E-state index contributed by atoms with van der Waals surface area (Å²) in [7, 11) is 0. The summed E-state index contributed by atoms with van der Waals surface area (Å²) in [6.07, 6.45) is 3.71. The van der Waals surface area contributed by atoms with Crippen LogP contribution < -0.4 is 5.32 Å². The van der Waals surface area contributed by atoms with Gasteiger partial charge in [0, 0.05) is 30.2 Å². The van der Waals surface area contributed by atoms with E-state index < -0.39 is 0 Å². The Kier molecular flexibility index (Phi) is 6.93. The molecule has 2 aliphatic rings. The first-order valence-corrected chi connectivity index (χ1v) is 11.2. The van der Waals surface area contributed by atoms with Gasteiger partial charge in [-0.05, 0) is 56.0 Å². The van der Waals surface area contributed by atoms with Gasteiger partial charge in [0.2, 0.25) is 0 Å². The Hall–Kier alpha value is -0.650. The molecule has 0 aromatic heterocycles. The Morgan fingerprint density at radius 1 is 1.25 bits per heavy atom. The SMILES string of the molecule is CC1CCCN(CCCNC(=O)c2ccc(C3SCCS3)cc2)C1. The second kappa shape index (κ2) is 9.16. The lowest BCUT2D eigenvalue weighted by molar-refractivity contribution is 0.0950. The van der Waals surface area contributed by atoms with E-state index in [-0.39, 0.29) is 5.91 Å². The molecule has 1 N–H and O–H groups in total. The summed E-state index contributed by atoms with van der Waals surface area (Å²) in [5.74, 6) is 3.34. The number of likely N-dealkylation sites (tertiary alicyclic amines) is 1. The second-order valence-electron chi connectivity index (χ2n) is 6.85. The Labute approximate surface area is 154 Å². The highest BCUT2D eigenvalue weighted by Gasteiger charge is 2.18. The van der Waals surface area contributed by atoms with Crippen LogP contribution in [0.1, 0.15) is 46.7 Å². The number of nitrogens with zero attached hydrogens (tertiary/aromatic N) is 1. The van der Waals surface area contributed by atoms with E-state index in [2.05, 4.69) is 29.3 Å². The monoisotopic (exact) mass is 364 g/mol. The van der Waals surface area contributed by atoms with E-state index in [4.69, 9.17) is 0 Å². The highest BCUT2D eigenvalue weighted by atomic mass is 32.2. The van der Waals surface area contributed by atoms with Crippen LogP contribution in [0.4, 0.5) is 0 Å². The highest BCUT2D eigenvalue weighted by molar-refractivity contribution is 8.19. The van der Waals surface area contributed by atoms with Crippen LogP contribution >= 0.6 is 23.5 Å². The molecule has 24 heavy (non-hydrogen) atoms. The van der Waals surface area contributed by atoms with Gasteiger partial charge >= 0.3 is 0 Å². The molecule has 3 nitrogen and oxygen atoms in total. The van der Waals surface area contributed by atoms with E-state index in [0.29, 0.717) is 4.58 Å². The number of benzene rings is 1. The molecule has 132 valence electrons. The minimum atomic E-state index is 0.0558. The number of hydrogen-bond donors (Lipinski definition) is 1. The van der Waals surface area contributed by atoms with E-state index >= 15 is 0 Å². The molecule has 2 saturated heterocycles. The van der Waals surface area contributed by atoms with Gasteiger partial charge in [-0.2, -0.15) is 0 Å². The third-order valence-electron chi connectivity index (χ3n) is 4.74. The third-order valence-corrected chi connectivity index (χ3v) is 7.85. The van der Waals surface area contributed by atoms with Crippen molar-refractivity contribution in [2.75, 3.05) is 37.7 Å². The van der Waals surface area contributed by atoms with E-state index in [9.17, 15) is 4.79 Å². The van der Waals surface area contributed by atoms with Crippen molar-refractivity contribution in [3.05, 3.63) is 35.4 Å². The molecule has 0 aliphatic carbocycles. The zero-order valence-corrected chi connectivity index (χ0v) is 16.1. The van der Waals surface area contributed by atoms with Crippen LogP contribution in [0.25, 0.3) is 0 Å². The summed E-state index contributed by atoms with van der Waals surface area (Å²) >= 11 is 4.00. The molecule has 2 heterocycles. The van der Waals surface area contributed by atoms with Crippen LogP contribution in [0.2, 0.25) is 0 Å². The summed E-state index contributed by atoms with van der Waals surface area (Å²) in [6.45, 7) is 6.63. The lowest BCUT2D eigenvalue weighted by Crippen LogP contribution is -2.36. The van der Waals surface area contributed by atoms with Gasteiger partial charge in [0.25, 0.3) is 5.91 Å². The lowest BCUT2D eigenvalue weighted by atomic mass is 10.0. The number of carbonyl (C=O) groups is 1. The molecule has 2 aliphatic heterocycles. The van der Waals surface area contributed by atoms with Crippen molar-refractivity contribution in [1.29, 1.82) is 0 Å². The molecule has 5 heteroatoms. The van der Waals surface area contributed by atoms with Gasteiger partial charge in [-0.15, -0.1) is 23.5 Å². The summed E-state index contributed by atoms with van der Waals surface area (Å²) in [6, 6.07) is 8.16. The second-order valence-corrected chi connectivity index (χ2v) is 9.58. The number of hydrogen-bond acceptors (Lipinski definition) is 4. The van der Waals surface area contributed by atoms with Gasteiger partial charge < -0.3 is 10.2 Å². The molecule has 1 aromatic rings. The maximum Gasteiger partial charge on any atom is 0.251 e. The molecule has 0 bridgehead atoms. The van der Waals surface area contributed by atoms with Gasteiger partial charge in [-0.25, -0.2) is 0 Å². The first-order chi connectivity index (χ1) is 11.7. The molecule has 1 unspecified atom stereocenters. The average Bonchev–Trinajstić information content (AvgIpc) is 3.13. The number of nitrogens with one attached hydrogen (secondary N) is 1. The number of rotatable bonds is 6. The summed E-state index contributed by atoms with van der Waals surface area (Å²) in [5.41, 5.74) is 2.11. The summed E-state index contributed by atoms with van der Waals surface area (Å²) in [4.78, 5) is 14.8. The smallest absolute Gasteiger partial charge is 0.251 e. The van der Waals surface area contributed by atoms with Crippen LogP contribution in [0.5, 0.6) is 0 Å². The van der Waals surface area contributed by atoms with Crippen LogP contribution in [0.15, 0.2) is 24.3 Å². The fourth-order valence-electron chi connectivity index (χ4n) is 3.44. The fraction of sp³-hybridized carbons (Fsp3) is 0.632. The Bertz CT molecular complexity index is 529. The number of carbonyl (C=O) groups excluding carboxylic acids is 1. The highest BCUT2D eigenvalue weighted by Crippen LogP contribution is 2.45. The predicted molar refractivity (Wildman–Crippen MR) is 106 cm³/mol. The van der Waals surface area contributed by atoms with Gasteiger partial charge in [0.05, 0.1) is 4.58 Å². The van der Waals surface area contributed by atoms with Crippen LogP contribution in [0, 0.1) is 5.92 Å². The van der Waals surface area contributed by atoms with Crippen molar-refractivity contribution in [1.82, 2.24) is 10.2 Å². The summed E-state index contributed by atoms with van der Waals surface area (Å²) in [5, 5.41) is 3.06. The molecule has 0 radical (unpaired) electrons. The minimum Gasteiger partial charge on any atom is -0.352 e. The number of amides is 1. The van der Waals surface area contributed by atoms with Gasteiger partial charge in [-0.3, -0.25) is 4.79 Å². The van der Waals surface area contributed by atoms with Gasteiger partial charge in [0.1, 0.15) is 0 Å². The largest absolute Gasteiger partial charge is 0.352 e. The van der Waals surface area contributed by atoms with E-state index in [0.717, 1.165) is 31.0 Å². The lowest BCUT2D eigenvalue weighted by Gasteiger charge is -2.30. The van der Waals surface area contributed by atoms with E-state index in [1.54, 1.807) is 0 Å². The first-order valence-electron chi connectivity index (χ1n) is 9.06. The van der Waals surface area contributed by atoms with Crippen molar-refractivity contribution in [2.45, 2.75) is 30.8 Å².